The summed E-state index contributed by atoms with van der Waals surface area (Å²) in [5.74, 6) is 2.79. The zero-order valence-corrected chi connectivity index (χ0v) is 58.8. The van der Waals surface area contributed by atoms with Crippen LogP contribution in [-0.2, 0) is 0 Å². The highest BCUT2D eigenvalue weighted by Gasteiger charge is 2.42. The van der Waals surface area contributed by atoms with E-state index in [1.807, 2.05) is 0 Å². The van der Waals surface area contributed by atoms with Crippen LogP contribution in [0.25, 0.3) is 150 Å². The van der Waals surface area contributed by atoms with Crippen molar-refractivity contribution in [2.75, 3.05) is 0 Å². The number of rotatable bonds is 12. The zero-order valence-electron chi connectivity index (χ0n) is 58.8. The topological polar surface area (TPSA) is 53.5 Å². The lowest BCUT2D eigenvalue weighted by molar-refractivity contribution is 0.350. The van der Waals surface area contributed by atoms with Crippen LogP contribution in [0.2, 0.25) is 0 Å². The van der Waals surface area contributed by atoms with Crippen molar-refractivity contribution in [1.29, 1.82) is 0 Å². The predicted octanol–water partition coefficient (Wildman–Crippen LogP) is 25.4. The second kappa shape index (κ2) is 24.5. The van der Waals surface area contributed by atoms with Crippen LogP contribution >= 0.6 is 0 Å². The van der Waals surface area contributed by atoms with Crippen LogP contribution in [0, 0.1) is 35.5 Å². The Kier molecular flexibility index (Phi) is 14.2. The molecule has 9 aliphatic carbocycles. The highest BCUT2D eigenvalue weighted by atomic mass is 15.0. The fourth-order valence-electron chi connectivity index (χ4n) is 20.9. The number of hydrogen-bond donors (Lipinski definition) is 0. The van der Waals surface area contributed by atoms with Crippen molar-refractivity contribution in [1.82, 2.24) is 28.7 Å². The minimum absolute atomic E-state index is 0.452. The van der Waals surface area contributed by atoms with E-state index in [0.717, 1.165) is 45.1 Å². The Bertz CT molecular complexity index is 5640. The summed E-state index contributed by atoms with van der Waals surface area (Å²) >= 11 is 0. The van der Waals surface area contributed by atoms with E-state index in [2.05, 4.69) is 305 Å². The van der Waals surface area contributed by atoms with Crippen LogP contribution in [0.15, 0.2) is 292 Å². The summed E-state index contributed by atoms with van der Waals surface area (Å²) in [6.45, 7) is 0. The van der Waals surface area contributed by atoms with Crippen molar-refractivity contribution in [2.45, 2.75) is 77.0 Å². The maximum absolute atomic E-state index is 5.61. The van der Waals surface area contributed by atoms with E-state index in [9.17, 15) is 0 Å². The Morgan fingerprint density at radius 1 is 0.190 bits per heavy atom. The first kappa shape index (κ1) is 60.8. The lowest BCUT2D eigenvalue weighted by atomic mass is 9.61. The molecule has 0 amide bonds. The molecule has 10 aromatic carbocycles. The lowest BCUT2D eigenvalue weighted by Gasteiger charge is -2.43. The number of hydrogen-bond acceptors (Lipinski definition) is 3. The highest BCUT2D eigenvalue weighted by Crippen LogP contribution is 2.59. The molecule has 0 saturated heterocycles. The molecule has 6 nitrogen and oxygen atoms in total. The predicted molar refractivity (Wildman–Crippen MR) is 435 cm³/mol. The number of para-hydroxylation sites is 6. The third-order valence-corrected chi connectivity index (χ3v) is 25.5. The molecule has 0 spiro atoms. The first-order chi connectivity index (χ1) is 52.0. The molecule has 9 aliphatic rings. The van der Waals surface area contributed by atoms with Gasteiger partial charge in [-0.1, -0.05) is 164 Å². The summed E-state index contributed by atoms with van der Waals surface area (Å²) in [5.41, 5.74) is 34.5. The normalized spacial score (nSPS) is 20.0. The molecule has 3 fully saturated rings. The number of benzene rings is 10. The van der Waals surface area contributed by atoms with E-state index < -0.39 is 0 Å². The highest BCUT2D eigenvalue weighted by molar-refractivity contribution is 6.13. The summed E-state index contributed by atoms with van der Waals surface area (Å²) in [4.78, 5) is 16.6. The van der Waals surface area contributed by atoms with Crippen LogP contribution in [0.3, 0.4) is 0 Å². The number of allylic oxidation sites excluding steroid dienone is 6. The smallest absolute Gasteiger partial charge is 0.0703 e. The SMILES string of the molecule is c1ccc(-n2c3ccccc3c3ccc(-c4ccc(C5=C(c6cc(C7=C(c8ccc(-c9ccc%10c%11ccccc%11n(-c%11ccccc%11)c%10c9)nc8)C8CCC7CC8)cc(C7=C(c8ccc(-c9ccc%10c%11ccccc%11n(-c%11ccccc%11)c%10c9)nc8)C8CCC7CC8)c6)C6CCC5CC6)nc4)cc32)cc1. The van der Waals surface area contributed by atoms with E-state index in [1.54, 1.807) is 16.7 Å². The molecule has 0 aliphatic heterocycles. The van der Waals surface area contributed by atoms with Crippen LogP contribution in [0.1, 0.15) is 111 Å². The Hall–Kier alpha value is -11.7. The van der Waals surface area contributed by atoms with E-state index in [1.165, 1.54) is 198 Å². The summed E-state index contributed by atoms with van der Waals surface area (Å²) in [6.07, 6.45) is 21.3. The third kappa shape index (κ3) is 9.85. The van der Waals surface area contributed by atoms with Gasteiger partial charge in [0.25, 0.3) is 0 Å². The summed E-state index contributed by atoms with van der Waals surface area (Å²) < 4.78 is 7.25. The van der Waals surface area contributed by atoms with Crippen LogP contribution in [0.4, 0.5) is 0 Å². The molecule has 6 heterocycles. The van der Waals surface area contributed by atoms with E-state index >= 15 is 0 Å². The van der Waals surface area contributed by atoms with Crippen LogP contribution in [0.5, 0.6) is 0 Å². The first-order valence-corrected chi connectivity index (χ1v) is 38.6. The Morgan fingerprint density at radius 3 is 0.810 bits per heavy atom. The summed E-state index contributed by atoms with van der Waals surface area (Å²) in [5, 5.41) is 7.56. The van der Waals surface area contributed by atoms with Crippen molar-refractivity contribution in [3.63, 3.8) is 0 Å². The quantitative estimate of drug-likeness (QED) is 0.122. The fraction of sp³-hybridized carbons (Fsp3) is 0.182. The van der Waals surface area contributed by atoms with Crippen molar-refractivity contribution in [3.8, 4) is 50.7 Å². The number of nitrogens with zero attached hydrogens (tertiary/aromatic N) is 6. The molecule has 0 radical (unpaired) electrons. The van der Waals surface area contributed by atoms with E-state index in [0.29, 0.717) is 35.5 Å². The number of fused-ring (bicyclic) bond motifs is 15. The van der Waals surface area contributed by atoms with Crippen LogP contribution in [-0.4, -0.2) is 28.7 Å². The molecule has 25 rings (SSSR count). The minimum Gasteiger partial charge on any atom is -0.309 e. The maximum Gasteiger partial charge on any atom is 0.0703 e. The summed E-state index contributed by atoms with van der Waals surface area (Å²) in [7, 11) is 0. The second-order valence-electron chi connectivity index (χ2n) is 31.0. The molecule has 6 bridgehead atoms. The maximum atomic E-state index is 5.61. The van der Waals surface area contributed by atoms with Crippen molar-refractivity contribution >= 4 is 98.9 Å². The van der Waals surface area contributed by atoms with Gasteiger partial charge in [-0.05, 0) is 289 Å². The summed E-state index contributed by atoms with van der Waals surface area (Å²) in [6, 6.07) is 102. The van der Waals surface area contributed by atoms with Gasteiger partial charge in [0.15, 0.2) is 0 Å². The Labute approximate surface area is 612 Å². The fourth-order valence-corrected chi connectivity index (χ4v) is 20.9. The van der Waals surface area contributed by atoms with E-state index in [-0.39, 0.29) is 0 Å². The second-order valence-corrected chi connectivity index (χ2v) is 31.0. The largest absolute Gasteiger partial charge is 0.309 e. The van der Waals surface area contributed by atoms with Gasteiger partial charge in [0, 0.05) is 84.7 Å². The van der Waals surface area contributed by atoms with Gasteiger partial charge >= 0.3 is 0 Å². The average Bonchev–Trinajstić information content (AvgIpc) is 1.62. The first-order valence-electron chi connectivity index (χ1n) is 38.6. The Balaban J connectivity index is 0.697. The monoisotopic (exact) mass is 1350 g/mol. The Morgan fingerprint density at radius 2 is 0.457 bits per heavy atom. The molecule has 0 atom stereocenters. The van der Waals surface area contributed by atoms with Gasteiger partial charge in [0.2, 0.25) is 0 Å². The molecule has 16 aromatic rings. The van der Waals surface area contributed by atoms with Gasteiger partial charge in [-0.25, -0.2) is 0 Å². The van der Waals surface area contributed by atoms with Crippen molar-refractivity contribution < 1.29 is 0 Å². The van der Waals surface area contributed by atoms with Gasteiger partial charge in [-0.15, -0.1) is 0 Å². The molecule has 3 saturated carbocycles. The van der Waals surface area contributed by atoms with Gasteiger partial charge < -0.3 is 13.7 Å². The van der Waals surface area contributed by atoms with Crippen LogP contribution < -0.4 is 0 Å². The zero-order chi connectivity index (χ0) is 68.8. The van der Waals surface area contributed by atoms with Gasteiger partial charge in [-0.2, -0.15) is 0 Å². The molecular formula is C99H78N6. The van der Waals surface area contributed by atoms with Gasteiger partial charge in [0.05, 0.1) is 50.2 Å². The molecule has 0 unspecified atom stereocenters. The van der Waals surface area contributed by atoms with E-state index in [4.69, 9.17) is 15.0 Å². The number of aromatic nitrogens is 6. The van der Waals surface area contributed by atoms with Gasteiger partial charge in [0.1, 0.15) is 0 Å². The molecule has 6 aromatic heterocycles. The molecule has 6 heteroatoms. The van der Waals surface area contributed by atoms with Crippen molar-refractivity contribution in [3.05, 3.63) is 325 Å². The molecular weight excluding hydrogens is 1270 g/mol. The third-order valence-electron chi connectivity index (χ3n) is 25.5. The number of pyridine rings is 3. The minimum atomic E-state index is 0.452. The molecule has 0 N–H and O–H groups in total. The average molecular weight is 1350 g/mol. The molecule has 105 heavy (non-hydrogen) atoms. The lowest BCUT2D eigenvalue weighted by Crippen LogP contribution is -2.27. The molecule has 504 valence electrons. The standard InChI is InChI=1S/C99H78N6/c1-4-16-76(17-5-1)103-88-25-13-10-22-79(88)82-46-40-67(55-91(82)103)70-43-51-87(102-58-70)99-66-38-36-65(37-39-66)98(99)75-53-73(96-63-32-28-61(29-33-63)94(96)71-44-49-85(100-59-71)68-41-47-83-80-23-11-14-26-89(80)104(92(83)56-68)77-18-6-2-7-19-77)52-74(54-75)97-64-34-30-62(31-35-64)95(97)72-45-50-86(101-60-72)69-42-48-84-81-24-12-15-27-90(81)105(93(84)57-69)78-20-8-3-9-21-78/h1-27,40-66H,28-39H2. The van der Waals surface area contributed by atoms with Crippen molar-refractivity contribution in [2.24, 2.45) is 35.5 Å². The van der Waals surface area contributed by atoms with Gasteiger partial charge in [-0.3, -0.25) is 15.0 Å².